The third kappa shape index (κ3) is 3.29. The largest absolute Gasteiger partial charge is 0.508 e. The van der Waals surface area contributed by atoms with Crippen molar-refractivity contribution in [1.29, 1.82) is 0 Å². The van der Waals surface area contributed by atoms with Crippen molar-refractivity contribution in [2.75, 3.05) is 13.1 Å². The zero-order chi connectivity index (χ0) is 23.2. The van der Waals surface area contributed by atoms with Crippen LogP contribution in [0.5, 0.6) is 5.75 Å². The van der Waals surface area contributed by atoms with Gasteiger partial charge in [0, 0.05) is 30.9 Å². The molecule has 0 unspecified atom stereocenters. The van der Waals surface area contributed by atoms with Crippen molar-refractivity contribution in [2.24, 2.45) is 0 Å². The smallest absolute Gasteiger partial charge is 0.246 e. The molecule has 0 radical (unpaired) electrons. The Morgan fingerprint density at radius 3 is 2.71 bits per heavy atom. The number of hydrogen-bond acceptors (Lipinski definition) is 5. The van der Waals surface area contributed by atoms with E-state index in [-0.39, 0.29) is 17.6 Å². The van der Waals surface area contributed by atoms with Gasteiger partial charge in [0.25, 0.3) is 0 Å². The Morgan fingerprint density at radius 1 is 1.06 bits per heavy atom. The number of carbonyl (C=O) groups excluding carboxylic acids is 1. The SMILES string of the molecule is C=CC(=O)N1CC(c2nc(-n3ccnc3)c3cc(-c4cc(O)cc5ccccc45)ccc3n2)C1. The molecule has 1 fully saturated rings. The second-order valence-corrected chi connectivity index (χ2v) is 8.47. The predicted octanol–water partition coefficient (Wildman–Crippen LogP) is 4.45. The number of hydrogen-bond donors (Lipinski definition) is 1. The van der Waals surface area contributed by atoms with Gasteiger partial charge in [-0.1, -0.05) is 36.9 Å². The van der Waals surface area contributed by atoms with Gasteiger partial charge in [-0.2, -0.15) is 0 Å². The molecule has 34 heavy (non-hydrogen) atoms. The van der Waals surface area contributed by atoms with Crippen LogP contribution in [0, 0.1) is 0 Å². The van der Waals surface area contributed by atoms with Crippen molar-refractivity contribution < 1.29 is 9.90 Å². The van der Waals surface area contributed by atoms with Crippen molar-refractivity contribution in [2.45, 2.75) is 5.92 Å². The van der Waals surface area contributed by atoms with E-state index in [9.17, 15) is 9.90 Å². The maximum absolute atomic E-state index is 11.9. The van der Waals surface area contributed by atoms with Crippen LogP contribution in [-0.4, -0.2) is 48.5 Å². The molecular weight excluding hydrogens is 426 g/mol. The first-order chi connectivity index (χ1) is 16.6. The number of aromatic hydroxyl groups is 1. The number of carbonyl (C=O) groups is 1. The molecule has 0 bridgehead atoms. The molecule has 1 aliphatic rings. The minimum Gasteiger partial charge on any atom is -0.508 e. The summed E-state index contributed by atoms with van der Waals surface area (Å²) < 4.78 is 1.88. The summed E-state index contributed by atoms with van der Waals surface area (Å²) in [5.74, 6) is 1.66. The van der Waals surface area contributed by atoms with Gasteiger partial charge < -0.3 is 10.0 Å². The lowest BCUT2D eigenvalue weighted by molar-refractivity contribution is -0.130. The third-order valence-corrected chi connectivity index (χ3v) is 6.33. The zero-order valence-electron chi connectivity index (χ0n) is 18.3. The topological polar surface area (TPSA) is 84.1 Å². The van der Waals surface area contributed by atoms with Gasteiger partial charge in [-0.15, -0.1) is 0 Å². The molecule has 1 N–H and O–H groups in total. The second-order valence-electron chi connectivity index (χ2n) is 8.47. The molecule has 1 saturated heterocycles. The summed E-state index contributed by atoms with van der Waals surface area (Å²) in [6, 6.07) is 17.6. The maximum atomic E-state index is 11.9. The van der Waals surface area contributed by atoms with Gasteiger partial charge in [0.1, 0.15) is 23.7 Å². The Bertz CT molecular complexity index is 1570. The lowest BCUT2D eigenvalue weighted by Gasteiger charge is -2.37. The highest BCUT2D eigenvalue weighted by atomic mass is 16.3. The molecule has 7 nitrogen and oxygen atoms in total. The first-order valence-corrected chi connectivity index (χ1v) is 11.0. The molecule has 3 heterocycles. The Kier molecular flexibility index (Phi) is 4.62. The van der Waals surface area contributed by atoms with Crippen molar-refractivity contribution in [1.82, 2.24) is 24.4 Å². The molecule has 7 heteroatoms. The molecular formula is C27H21N5O2. The highest BCUT2D eigenvalue weighted by Gasteiger charge is 2.33. The maximum Gasteiger partial charge on any atom is 0.246 e. The summed E-state index contributed by atoms with van der Waals surface area (Å²) in [5.41, 5.74) is 2.72. The standard InChI is InChI=1S/C27H21N5O2/c1-2-25(34)32-14-19(15-32)26-29-24-8-7-18(12-23(24)27(30-26)31-10-9-28-16-31)22-13-20(33)11-17-5-3-4-6-21(17)22/h2-13,16,19,33H,1,14-15H2. The van der Waals surface area contributed by atoms with E-state index in [2.05, 4.69) is 23.7 Å². The number of fused-ring (bicyclic) bond motifs is 2. The Morgan fingerprint density at radius 2 is 1.91 bits per heavy atom. The number of phenolic OH excluding ortho intramolecular Hbond substituents is 1. The van der Waals surface area contributed by atoms with Gasteiger partial charge in [-0.3, -0.25) is 9.36 Å². The molecule has 6 rings (SSSR count). The van der Waals surface area contributed by atoms with Crippen molar-refractivity contribution in [3.05, 3.63) is 91.8 Å². The van der Waals surface area contributed by atoms with E-state index in [1.165, 1.54) is 6.08 Å². The average molecular weight is 447 g/mol. The molecule has 166 valence electrons. The van der Waals surface area contributed by atoms with E-state index in [1.54, 1.807) is 29.6 Å². The molecule has 5 aromatic rings. The summed E-state index contributed by atoms with van der Waals surface area (Å²) in [6.45, 7) is 4.71. The number of amides is 1. The quantitative estimate of drug-likeness (QED) is 0.412. The van der Waals surface area contributed by atoms with Crippen LogP contribution in [0.4, 0.5) is 0 Å². The van der Waals surface area contributed by atoms with Crippen LogP contribution in [0.2, 0.25) is 0 Å². The number of aromatic nitrogens is 4. The molecule has 0 saturated carbocycles. The lowest BCUT2D eigenvalue weighted by Crippen LogP contribution is -2.48. The highest BCUT2D eigenvalue weighted by molar-refractivity contribution is 6.00. The zero-order valence-corrected chi connectivity index (χ0v) is 18.3. The molecule has 0 atom stereocenters. The Balaban J connectivity index is 1.50. The summed E-state index contributed by atoms with van der Waals surface area (Å²) in [7, 11) is 0. The summed E-state index contributed by atoms with van der Waals surface area (Å²) in [5, 5.41) is 13.2. The lowest BCUT2D eigenvalue weighted by atomic mass is 9.96. The van der Waals surface area contributed by atoms with Crippen LogP contribution in [0.1, 0.15) is 11.7 Å². The minimum absolute atomic E-state index is 0.0742. The average Bonchev–Trinajstić information content (AvgIpc) is 3.36. The molecule has 0 aliphatic carbocycles. The Labute approximate surface area is 195 Å². The summed E-state index contributed by atoms with van der Waals surface area (Å²) >= 11 is 0. The van der Waals surface area contributed by atoms with Crippen molar-refractivity contribution >= 4 is 27.6 Å². The van der Waals surface area contributed by atoms with Crippen LogP contribution >= 0.6 is 0 Å². The fourth-order valence-corrected chi connectivity index (χ4v) is 4.55. The van der Waals surface area contributed by atoms with E-state index in [4.69, 9.17) is 9.97 Å². The summed E-state index contributed by atoms with van der Waals surface area (Å²) in [6.07, 6.45) is 6.63. The van der Waals surface area contributed by atoms with Gasteiger partial charge in [-0.25, -0.2) is 15.0 Å². The van der Waals surface area contributed by atoms with Gasteiger partial charge in [0.2, 0.25) is 5.91 Å². The van der Waals surface area contributed by atoms with Gasteiger partial charge in [0.15, 0.2) is 0 Å². The van der Waals surface area contributed by atoms with E-state index < -0.39 is 0 Å². The highest BCUT2D eigenvalue weighted by Crippen LogP contribution is 2.35. The molecule has 3 aromatic carbocycles. The fraction of sp³-hybridized carbons (Fsp3) is 0.111. The van der Waals surface area contributed by atoms with Crippen molar-refractivity contribution in [3.63, 3.8) is 0 Å². The predicted molar refractivity (Wildman–Crippen MR) is 131 cm³/mol. The number of nitrogens with zero attached hydrogens (tertiary/aromatic N) is 5. The third-order valence-electron chi connectivity index (χ3n) is 6.33. The van der Waals surface area contributed by atoms with E-state index in [1.807, 2.05) is 41.1 Å². The number of likely N-dealkylation sites (tertiary alicyclic amines) is 1. The number of rotatable bonds is 4. The van der Waals surface area contributed by atoms with Crippen LogP contribution in [0.25, 0.3) is 38.6 Å². The first-order valence-electron chi connectivity index (χ1n) is 11.0. The van der Waals surface area contributed by atoms with Crippen LogP contribution in [0.15, 0.2) is 86.0 Å². The Hall–Kier alpha value is -4.52. The fourth-order valence-electron chi connectivity index (χ4n) is 4.55. The van der Waals surface area contributed by atoms with Crippen LogP contribution < -0.4 is 0 Å². The van der Waals surface area contributed by atoms with E-state index in [0.717, 1.165) is 38.6 Å². The van der Waals surface area contributed by atoms with Gasteiger partial charge in [-0.05, 0) is 52.2 Å². The molecule has 1 aliphatic heterocycles. The number of benzene rings is 3. The van der Waals surface area contributed by atoms with E-state index in [0.29, 0.717) is 18.9 Å². The van der Waals surface area contributed by atoms with Gasteiger partial charge >= 0.3 is 0 Å². The van der Waals surface area contributed by atoms with Gasteiger partial charge in [0.05, 0.1) is 11.4 Å². The second kappa shape index (κ2) is 7.81. The first kappa shape index (κ1) is 20.1. The van der Waals surface area contributed by atoms with Crippen molar-refractivity contribution in [3.8, 4) is 22.7 Å². The number of phenols is 1. The normalized spacial score (nSPS) is 13.8. The van der Waals surface area contributed by atoms with Crippen LogP contribution in [-0.2, 0) is 4.79 Å². The molecule has 0 spiro atoms. The molecule has 1 amide bonds. The molecule has 2 aromatic heterocycles. The van der Waals surface area contributed by atoms with E-state index >= 15 is 0 Å². The monoisotopic (exact) mass is 447 g/mol. The number of imidazole rings is 1. The summed E-state index contributed by atoms with van der Waals surface area (Å²) in [4.78, 5) is 27.5. The van der Waals surface area contributed by atoms with Crippen LogP contribution in [0.3, 0.4) is 0 Å². The minimum atomic E-state index is -0.0742.